The monoisotopic (exact) mass is 259 g/mol. The van der Waals surface area contributed by atoms with Gasteiger partial charge in [-0.2, -0.15) is 9.40 Å². The molecule has 98 valence electrons. The van der Waals surface area contributed by atoms with Gasteiger partial charge in [-0.3, -0.25) is 5.10 Å². The predicted octanol–water partition coefficient (Wildman–Crippen LogP) is 1.86. The van der Waals surface area contributed by atoms with Crippen LogP contribution in [0, 0.1) is 5.92 Å². The molecule has 0 aromatic carbocycles. The quantitative estimate of drug-likeness (QED) is 0.812. The molecule has 5 nitrogen and oxygen atoms in total. The highest BCUT2D eigenvalue weighted by Crippen LogP contribution is 2.18. The van der Waals surface area contributed by atoms with Crippen LogP contribution >= 0.6 is 0 Å². The van der Waals surface area contributed by atoms with E-state index in [-0.39, 0.29) is 4.90 Å². The summed E-state index contributed by atoms with van der Waals surface area (Å²) in [5, 5.41) is 6.23. The van der Waals surface area contributed by atoms with Crippen molar-refractivity contribution >= 4 is 10.0 Å². The van der Waals surface area contributed by atoms with Crippen LogP contribution in [0.3, 0.4) is 0 Å². The van der Waals surface area contributed by atoms with Gasteiger partial charge in [0.15, 0.2) is 0 Å². The van der Waals surface area contributed by atoms with E-state index >= 15 is 0 Å². The van der Waals surface area contributed by atoms with E-state index in [1.54, 1.807) is 0 Å². The molecule has 1 N–H and O–H groups in total. The first-order valence-corrected chi connectivity index (χ1v) is 7.49. The van der Waals surface area contributed by atoms with E-state index in [4.69, 9.17) is 0 Å². The molecule has 0 bridgehead atoms. The summed E-state index contributed by atoms with van der Waals surface area (Å²) in [6, 6.07) is 0. The SMILES string of the molecule is CCC(CC)CN(CC)S(=O)(=O)c1cn[nH]c1. The van der Waals surface area contributed by atoms with E-state index in [0.717, 1.165) is 12.8 Å². The average molecular weight is 259 g/mol. The highest BCUT2D eigenvalue weighted by Gasteiger charge is 2.25. The third-order valence-corrected chi connectivity index (χ3v) is 4.99. The van der Waals surface area contributed by atoms with Crippen LogP contribution in [-0.2, 0) is 10.0 Å². The van der Waals surface area contributed by atoms with Crippen LogP contribution in [0.4, 0.5) is 0 Å². The van der Waals surface area contributed by atoms with E-state index in [0.29, 0.717) is 19.0 Å². The van der Waals surface area contributed by atoms with Gasteiger partial charge in [0, 0.05) is 19.3 Å². The molecule has 1 aromatic heterocycles. The second kappa shape index (κ2) is 6.16. The first-order valence-electron chi connectivity index (χ1n) is 6.05. The Morgan fingerprint density at radius 2 is 2.00 bits per heavy atom. The fraction of sp³-hybridized carbons (Fsp3) is 0.727. The Kier molecular flexibility index (Phi) is 5.14. The van der Waals surface area contributed by atoms with E-state index in [9.17, 15) is 8.42 Å². The number of sulfonamides is 1. The zero-order valence-corrected chi connectivity index (χ0v) is 11.5. The second-order valence-corrected chi connectivity index (χ2v) is 6.01. The third-order valence-electron chi connectivity index (χ3n) is 3.08. The van der Waals surface area contributed by atoms with E-state index in [1.165, 1.54) is 16.7 Å². The van der Waals surface area contributed by atoms with Crippen molar-refractivity contribution in [3.63, 3.8) is 0 Å². The molecule has 0 saturated carbocycles. The van der Waals surface area contributed by atoms with Crippen molar-refractivity contribution < 1.29 is 8.42 Å². The van der Waals surface area contributed by atoms with Gasteiger partial charge < -0.3 is 0 Å². The fourth-order valence-electron chi connectivity index (χ4n) is 1.76. The highest BCUT2D eigenvalue weighted by molar-refractivity contribution is 7.89. The molecule has 0 radical (unpaired) electrons. The predicted molar refractivity (Wildman–Crippen MR) is 67.1 cm³/mol. The van der Waals surface area contributed by atoms with Crippen molar-refractivity contribution in [1.29, 1.82) is 0 Å². The first-order chi connectivity index (χ1) is 8.06. The van der Waals surface area contributed by atoms with Crippen LogP contribution < -0.4 is 0 Å². The second-order valence-electron chi connectivity index (χ2n) is 4.07. The maximum atomic E-state index is 12.3. The third kappa shape index (κ3) is 3.29. The standard InChI is InChI=1S/C11H21N3O2S/c1-4-10(5-2)9-14(6-3)17(15,16)11-7-12-13-8-11/h7-8,10H,4-6,9H2,1-3H3,(H,12,13). The Bertz CT molecular complexity index is 410. The van der Waals surface area contributed by atoms with Gasteiger partial charge in [-0.1, -0.05) is 33.6 Å². The van der Waals surface area contributed by atoms with Crippen molar-refractivity contribution in [2.45, 2.75) is 38.5 Å². The van der Waals surface area contributed by atoms with E-state index in [1.807, 2.05) is 6.92 Å². The number of aromatic amines is 1. The van der Waals surface area contributed by atoms with Crippen LogP contribution in [0.25, 0.3) is 0 Å². The number of aromatic nitrogens is 2. The van der Waals surface area contributed by atoms with Crippen molar-refractivity contribution in [2.24, 2.45) is 5.92 Å². The van der Waals surface area contributed by atoms with Crippen molar-refractivity contribution in [2.75, 3.05) is 13.1 Å². The van der Waals surface area contributed by atoms with Crippen LogP contribution in [-0.4, -0.2) is 36.0 Å². The van der Waals surface area contributed by atoms with Gasteiger partial charge >= 0.3 is 0 Å². The average Bonchev–Trinajstić information content (AvgIpc) is 2.84. The first kappa shape index (κ1) is 14.2. The summed E-state index contributed by atoms with van der Waals surface area (Å²) in [5.41, 5.74) is 0. The number of hydrogen-bond acceptors (Lipinski definition) is 3. The fourth-order valence-corrected chi connectivity index (χ4v) is 3.19. The lowest BCUT2D eigenvalue weighted by molar-refractivity contribution is 0.339. The smallest absolute Gasteiger partial charge is 0.246 e. The summed E-state index contributed by atoms with van der Waals surface area (Å²) in [6.45, 7) is 7.11. The zero-order chi connectivity index (χ0) is 12.9. The number of rotatable bonds is 7. The molecule has 0 saturated heterocycles. The lowest BCUT2D eigenvalue weighted by Gasteiger charge is -2.24. The molecule has 0 atom stereocenters. The summed E-state index contributed by atoms with van der Waals surface area (Å²) in [7, 11) is -3.38. The number of nitrogens with zero attached hydrogens (tertiary/aromatic N) is 2. The van der Waals surface area contributed by atoms with Crippen LogP contribution in [0.1, 0.15) is 33.6 Å². The van der Waals surface area contributed by atoms with Crippen LogP contribution in [0.5, 0.6) is 0 Å². The van der Waals surface area contributed by atoms with Gasteiger partial charge in [0.05, 0.1) is 6.20 Å². The normalized spacial score (nSPS) is 12.5. The molecule has 0 spiro atoms. The van der Waals surface area contributed by atoms with Crippen molar-refractivity contribution in [1.82, 2.24) is 14.5 Å². The van der Waals surface area contributed by atoms with Gasteiger partial charge in [-0.15, -0.1) is 0 Å². The minimum absolute atomic E-state index is 0.241. The summed E-state index contributed by atoms with van der Waals surface area (Å²) in [6.07, 6.45) is 4.76. The maximum Gasteiger partial charge on any atom is 0.246 e. The Labute approximate surface area is 103 Å². The summed E-state index contributed by atoms with van der Waals surface area (Å²) < 4.78 is 26.0. The van der Waals surface area contributed by atoms with Gasteiger partial charge in [-0.05, 0) is 5.92 Å². The Morgan fingerprint density at radius 3 is 2.41 bits per heavy atom. The van der Waals surface area contributed by atoms with Crippen LogP contribution in [0.2, 0.25) is 0 Å². The highest BCUT2D eigenvalue weighted by atomic mass is 32.2. The molecule has 0 aliphatic carbocycles. The largest absolute Gasteiger partial charge is 0.284 e. The Morgan fingerprint density at radius 1 is 1.35 bits per heavy atom. The molecule has 0 fully saturated rings. The summed E-state index contributed by atoms with van der Waals surface area (Å²) >= 11 is 0. The lowest BCUT2D eigenvalue weighted by Crippen LogP contribution is -2.34. The van der Waals surface area contributed by atoms with Crippen LogP contribution in [0.15, 0.2) is 17.3 Å². The summed E-state index contributed by atoms with van der Waals surface area (Å²) in [5.74, 6) is 0.414. The topological polar surface area (TPSA) is 66.1 Å². The number of nitrogens with one attached hydrogen (secondary N) is 1. The molecule has 6 heteroatoms. The van der Waals surface area contributed by atoms with Crippen molar-refractivity contribution in [3.05, 3.63) is 12.4 Å². The molecule has 1 heterocycles. The van der Waals surface area contributed by atoms with Gasteiger partial charge in [0.1, 0.15) is 4.90 Å². The Balaban J connectivity index is 2.87. The maximum absolute atomic E-state index is 12.3. The summed E-state index contributed by atoms with van der Waals surface area (Å²) in [4.78, 5) is 0.241. The van der Waals surface area contributed by atoms with E-state index < -0.39 is 10.0 Å². The number of H-pyrrole nitrogens is 1. The molecule has 17 heavy (non-hydrogen) atoms. The zero-order valence-electron chi connectivity index (χ0n) is 10.7. The minimum Gasteiger partial charge on any atom is -0.284 e. The minimum atomic E-state index is -3.38. The van der Waals surface area contributed by atoms with Gasteiger partial charge in [0.25, 0.3) is 0 Å². The molecule has 0 aliphatic rings. The molecular formula is C11H21N3O2S. The molecule has 1 aromatic rings. The molecular weight excluding hydrogens is 238 g/mol. The molecule has 0 unspecified atom stereocenters. The lowest BCUT2D eigenvalue weighted by atomic mass is 10.0. The molecule has 0 amide bonds. The van der Waals surface area contributed by atoms with Gasteiger partial charge in [-0.25, -0.2) is 8.42 Å². The van der Waals surface area contributed by atoms with Gasteiger partial charge in [0.2, 0.25) is 10.0 Å². The molecule has 1 rings (SSSR count). The van der Waals surface area contributed by atoms with E-state index in [2.05, 4.69) is 24.0 Å². The molecule has 0 aliphatic heterocycles. The number of hydrogen-bond donors (Lipinski definition) is 1. The van der Waals surface area contributed by atoms with Crippen molar-refractivity contribution in [3.8, 4) is 0 Å². The Hall–Kier alpha value is -0.880.